The van der Waals surface area contributed by atoms with Crippen molar-refractivity contribution in [2.24, 2.45) is 0 Å². The van der Waals surface area contributed by atoms with Crippen molar-refractivity contribution in [1.29, 1.82) is 0 Å². The second-order valence-corrected chi connectivity index (χ2v) is 4.79. The van der Waals surface area contributed by atoms with Crippen LogP contribution >= 0.6 is 11.3 Å². The van der Waals surface area contributed by atoms with Gasteiger partial charge in [-0.2, -0.15) is 9.61 Å². The minimum absolute atomic E-state index is 0.108. The maximum atomic E-state index is 11.9. The Labute approximate surface area is 101 Å². The molecule has 2 aromatic heterocycles. The lowest BCUT2D eigenvalue weighted by Gasteiger charge is -1.92. The van der Waals surface area contributed by atoms with Gasteiger partial charge in [0, 0.05) is 0 Å². The number of aromatic nitrogens is 3. The zero-order valence-corrected chi connectivity index (χ0v) is 9.94. The topological polar surface area (TPSA) is 47.3 Å². The number of hydrogen-bond donors (Lipinski definition) is 0. The summed E-state index contributed by atoms with van der Waals surface area (Å²) in [7, 11) is 0. The van der Waals surface area contributed by atoms with Crippen LogP contribution in [0.4, 0.5) is 0 Å². The van der Waals surface area contributed by atoms with E-state index in [0.29, 0.717) is 9.49 Å². The predicted octanol–water partition coefficient (Wildman–Crippen LogP) is 1.01. The highest BCUT2D eigenvalue weighted by Crippen LogP contribution is 2.04. The van der Waals surface area contributed by atoms with Gasteiger partial charge in [-0.3, -0.25) is 4.79 Å². The van der Waals surface area contributed by atoms with E-state index in [4.69, 9.17) is 0 Å². The van der Waals surface area contributed by atoms with Crippen LogP contribution in [-0.4, -0.2) is 14.6 Å². The zero-order valence-electron chi connectivity index (χ0n) is 9.12. The van der Waals surface area contributed by atoms with Gasteiger partial charge >= 0.3 is 0 Å². The normalized spacial score (nSPS) is 12.4. The summed E-state index contributed by atoms with van der Waals surface area (Å²) in [5.74, 6) is 0. The highest BCUT2D eigenvalue weighted by Gasteiger charge is 2.04. The summed E-state index contributed by atoms with van der Waals surface area (Å²) >= 11 is 1.35. The summed E-state index contributed by atoms with van der Waals surface area (Å²) < 4.78 is 1.98. The van der Waals surface area contributed by atoms with E-state index in [1.54, 1.807) is 0 Å². The van der Waals surface area contributed by atoms with Crippen molar-refractivity contribution in [1.82, 2.24) is 14.6 Å². The molecule has 0 saturated carbocycles. The van der Waals surface area contributed by atoms with Gasteiger partial charge in [0.2, 0.25) is 4.96 Å². The summed E-state index contributed by atoms with van der Waals surface area (Å²) in [6.45, 7) is 2.03. The van der Waals surface area contributed by atoms with Crippen LogP contribution in [0.1, 0.15) is 11.1 Å². The minimum atomic E-state index is -0.108. The number of nitrogens with zero attached hydrogens (tertiary/aromatic N) is 3. The van der Waals surface area contributed by atoms with Crippen LogP contribution in [0.2, 0.25) is 0 Å². The fourth-order valence-corrected chi connectivity index (χ4v) is 2.47. The molecule has 0 fully saturated rings. The van der Waals surface area contributed by atoms with Crippen LogP contribution in [0.5, 0.6) is 0 Å². The van der Waals surface area contributed by atoms with Crippen molar-refractivity contribution in [3.8, 4) is 0 Å². The van der Waals surface area contributed by atoms with Gasteiger partial charge in [0.15, 0.2) is 0 Å². The fraction of sp³-hybridized carbons (Fsp3) is 0.0833. The van der Waals surface area contributed by atoms with Crippen LogP contribution in [0.15, 0.2) is 35.4 Å². The first kappa shape index (κ1) is 10.2. The number of aryl methyl sites for hydroxylation is 1. The molecule has 0 unspecified atom stereocenters. The van der Waals surface area contributed by atoms with Gasteiger partial charge < -0.3 is 0 Å². The van der Waals surface area contributed by atoms with Crippen molar-refractivity contribution in [2.75, 3.05) is 0 Å². The molecule has 0 N–H and O–H groups in total. The third-order valence-electron chi connectivity index (χ3n) is 2.50. The number of rotatable bonds is 1. The molecule has 0 bridgehead atoms. The third kappa shape index (κ3) is 1.74. The van der Waals surface area contributed by atoms with E-state index in [-0.39, 0.29) is 5.56 Å². The minimum Gasteiger partial charge on any atom is -0.266 e. The Hall–Kier alpha value is -2.01. The van der Waals surface area contributed by atoms with Crippen LogP contribution in [0.25, 0.3) is 11.0 Å². The third-order valence-corrected chi connectivity index (χ3v) is 3.47. The summed E-state index contributed by atoms with van der Waals surface area (Å²) in [5, 5.41) is 3.88. The lowest BCUT2D eigenvalue weighted by molar-refractivity contribution is 0.932. The molecule has 0 spiro atoms. The molecule has 17 heavy (non-hydrogen) atoms. The van der Waals surface area contributed by atoms with Crippen molar-refractivity contribution in [3.05, 3.63) is 56.6 Å². The highest BCUT2D eigenvalue weighted by molar-refractivity contribution is 7.15. The monoisotopic (exact) mass is 243 g/mol. The van der Waals surface area contributed by atoms with E-state index in [1.807, 2.05) is 37.3 Å². The number of fused-ring (bicyclic) bond motifs is 1. The Kier molecular flexibility index (Phi) is 2.26. The first-order valence-corrected chi connectivity index (χ1v) is 5.96. The summed E-state index contributed by atoms with van der Waals surface area (Å²) in [6, 6.07) is 8.02. The maximum Gasteiger partial charge on any atom is 0.291 e. The Balaban J connectivity index is 2.20. The molecule has 4 nitrogen and oxygen atoms in total. The van der Waals surface area contributed by atoms with Gasteiger partial charge in [-0.15, -0.1) is 0 Å². The molecule has 0 aliphatic rings. The molecule has 3 aromatic rings. The standard InChI is InChI=1S/C12H9N3OS/c1-8-2-4-9(5-3-8)6-10-11(16)15-12(17-10)13-7-14-15/h2-7H,1H3. The largest absolute Gasteiger partial charge is 0.291 e. The highest BCUT2D eigenvalue weighted by atomic mass is 32.1. The molecule has 5 heteroatoms. The maximum absolute atomic E-state index is 11.9. The van der Waals surface area contributed by atoms with Crippen molar-refractivity contribution >= 4 is 22.4 Å². The van der Waals surface area contributed by atoms with Crippen LogP contribution in [-0.2, 0) is 0 Å². The van der Waals surface area contributed by atoms with Gasteiger partial charge in [0.25, 0.3) is 5.56 Å². The Bertz CT molecular complexity index is 770. The summed E-state index contributed by atoms with van der Waals surface area (Å²) in [4.78, 5) is 16.5. The molecule has 0 radical (unpaired) electrons. The SMILES string of the molecule is Cc1ccc(C=c2sc3ncnn3c2=O)cc1. The van der Waals surface area contributed by atoms with E-state index in [0.717, 1.165) is 5.56 Å². The van der Waals surface area contributed by atoms with Crippen molar-refractivity contribution < 1.29 is 0 Å². The molecule has 0 aliphatic carbocycles. The Morgan fingerprint density at radius 2 is 2.06 bits per heavy atom. The van der Waals surface area contributed by atoms with Crippen molar-refractivity contribution in [2.45, 2.75) is 6.92 Å². The van der Waals surface area contributed by atoms with E-state index in [1.165, 1.54) is 27.7 Å². The quantitative estimate of drug-likeness (QED) is 0.641. The molecule has 1 aromatic carbocycles. The molecular formula is C12H9N3OS. The van der Waals surface area contributed by atoms with E-state index in [9.17, 15) is 4.79 Å². The second-order valence-electron chi connectivity index (χ2n) is 3.78. The Morgan fingerprint density at radius 1 is 1.29 bits per heavy atom. The first-order valence-electron chi connectivity index (χ1n) is 5.15. The molecule has 3 rings (SSSR count). The van der Waals surface area contributed by atoms with Crippen LogP contribution in [0.3, 0.4) is 0 Å². The van der Waals surface area contributed by atoms with Gasteiger partial charge in [-0.25, -0.2) is 4.98 Å². The number of thiazole rings is 1. The first-order chi connectivity index (χ1) is 8.24. The van der Waals surface area contributed by atoms with E-state index >= 15 is 0 Å². The molecular weight excluding hydrogens is 234 g/mol. The fourth-order valence-electron chi connectivity index (χ4n) is 1.59. The Morgan fingerprint density at radius 3 is 2.76 bits per heavy atom. The smallest absolute Gasteiger partial charge is 0.266 e. The molecule has 0 atom stereocenters. The second kappa shape index (κ2) is 3.78. The summed E-state index contributed by atoms with van der Waals surface area (Å²) in [5.41, 5.74) is 2.10. The van der Waals surface area contributed by atoms with E-state index < -0.39 is 0 Å². The van der Waals surface area contributed by atoms with Crippen molar-refractivity contribution in [3.63, 3.8) is 0 Å². The average Bonchev–Trinajstić information content (AvgIpc) is 2.87. The molecule has 84 valence electrons. The summed E-state index contributed by atoms with van der Waals surface area (Å²) in [6.07, 6.45) is 3.26. The lowest BCUT2D eigenvalue weighted by Crippen LogP contribution is -2.23. The average molecular weight is 243 g/mol. The van der Waals surface area contributed by atoms with Gasteiger partial charge in [0.05, 0.1) is 4.53 Å². The van der Waals surface area contributed by atoms with Gasteiger partial charge in [-0.05, 0) is 18.6 Å². The number of benzene rings is 1. The number of hydrogen-bond acceptors (Lipinski definition) is 4. The van der Waals surface area contributed by atoms with Crippen LogP contribution in [0, 0.1) is 6.92 Å². The van der Waals surface area contributed by atoms with E-state index in [2.05, 4.69) is 10.1 Å². The molecule has 0 amide bonds. The lowest BCUT2D eigenvalue weighted by atomic mass is 10.1. The van der Waals surface area contributed by atoms with Gasteiger partial charge in [-0.1, -0.05) is 41.2 Å². The zero-order chi connectivity index (χ0) is 11.8. The molecule has 0 saturated heterocycles. The van der Waals surface area contributed by atoms with Gasteiger partial charge in [0.1, 0.15) is 6.33 Å². The molecule has 0 aliphatic heterocycles. The van der Waals surface area contributed by atoms with Crippen LogP contribution < -0.4 is 10.1 Å². The predicted molar refractivity (Wildman–Crippen MR) is 67.1 cm³/mol. The molecule has 2 heterocycles.